The number of hydrogen-bond acceptors (Lipinski definition) is 3. The lowest BCUT2D eigenvalue weighted by Gasteiger charge is -2.14. The fourth-order valence-corrected chi connectivity index (χ4v) is 3.40. The van der Waals surface area contributed by atoms with Crippen molar-refractivity contribution in [1.82, 2.24) is 4.98 Å². The van der Waals surface area contributed by atoms with E-state index in [1.807, 2.05) is 0 Å². The van der Waals surface area contributed by atoms with Gasteiger partial charge in [-0.3, -0.25) is 0 Å². The molecule has 2 nitrogen and oxygen atoms in total. The van der Waals surface area contributed by atoms with Crippen LogP contribution in [-0.4, -0.2) is 4.98 Å². The molecule has 3 heteroatoms. The summed E-state index contributed by atoms with van der Waals surface area (Å²) >= 11 is 1.66. The Kier molecular flexibility index (Phi) is 3.69. The van der Waals surface area contributed by atoms with Crippen molar-refractivity contribution >= 4 is 32.9 Å². The molecule has 0 spiro atoms. The van der Waals surface area contributed by atoms with Gasteiger partial charge in [0, 0.05) is 21.9 Å². The molecule has 0 aliphatic heterocycles. The summed E-state index contributed by atoms with van der Waals surface area (Å²) in [5.41, 5.74) is 4.98. The molecule has 0 bridgehead atoms. The largest absolute Gasteiger partial charge is 0.331 e. The van der Waals surface area contributed by atoms with E-state index in [-0.39, 0.29) is 5.41 Å². The third kappa shape index (κ3) is 2.86. The fourth-order valence-electron chi connectivity index (χ4n) is 2.45. The minimum atomic E-state index is 0.0862. The lowest BCUT2D eigenvalue weighted by atomic mass is 9.93. The first-order valence-corrected chi connectivity index (χ1v) is 8.45. The summed E-state index contributed by atoms with van der Waals surface area (Å²) in [6.07, 6.45) is 0. The van der Waals surface area contributed by atoms with Crippen molar-refractivity contribution in [3.63, 3.8) is 0 Å². The zero-order valence-electron chi connectivity index (χ0n) is 13.8. The Balaban J connectivity index is 2.00. The number of thiazole rings is 1. The number of fused-ring (bicyclic) bond motifs is 1. The smallest absolute Gasteiger partial charge is 0.187 e. The first-order chi connectivity index (χ1) is 10.3. The van der Waals surface area contributed by atoms with E-state index >= 15 is 0 Å². The van der Waals surface area contributed by atoms with Crippen LogP contribution in [0.25, 0.3) is 10.8 Å². The molecular weight excluding hydrogens is 288 g/mol. The average Bonchev–Trinajstić information content (AvgIpc) is 2.89. The molecule has 114 valence electrons. The summed E-state index contributed by atoms with van der Waals surface area (Å²) < 4.78 is 0. The lowest BCUT2D eigenvalue weighted by Crippen LogP contribution is -2.11. The first kappa shape index (κ1) is 15.0. The molecule has 0 radical (unpaired) electrons. The van der Waals surface area contributed by atoms with Gasteiger partial charge >= 0.3 is 0 Å². The van der Waals surface area contributed by atoms with Crippen LogP contribution in [0.4, 0.5) is 10.8 Å². The molecule has 0 aliphatic carbocycles. The predicted molar refractivity (Wildman–Crippen MR) is 97.5 cm³/mol. The minimum absolute atomic E-state index is 0.0862. The number of anilines is 2. The molecule has 0 aliphatic rings. The zero-order valence-corrected chi connectivity index (χ0v) is 14.6. The van der Waals surface area contributed by atoms with Crippen molar-refractivity contribution in [2.24, 2.45) is 0 Å². The Bertz CT molecular complexity index is 825. The highest BCUT2D eigenvalue weighted by atomic mass is 32.1. The monoisotopic (exact) mass is 310 g/mol. The van der Waals surface area contributed by atoms with Crippen molar-refractivity contribution in [2.75, 3.05) is 5.32 Å². The third-order valence-corrected chi connectivity index (χ3v) is 4.77. The van der Waals surface area contributed by atoms with Gasteiger partial charge in [-0.2, -0.15) is 0 Å². The van der Waals surface area contributed by atoms with Gasteiger partial charge in [-0.1, -0.05) is 39.0 Å². The highest BCUT2D eigenvalue weighted by Gasteiger charge is 2.17. The number of benzene rings is 2. The quantitative estimate of drug-likeness (QED) is 0.632. The highest BCUT2D eigenvalue weighted by Crippen LogP contribution is 2.32. The van der Waals surface area contributed by atoms with Crippen LogP contribution in [-0.2, 0) is 5.41 Å². The van der Waals surface area contributed by atoms with Gasteiger partial charge in [-0.05, 0) is 42.5 Å². The van der Waals surface area contributed by atoms with Crippen LogP contribution < -0.4 is 5.32 Å². The van der Waals surface area contributed by atoms with E-state index in [4.69, 9.17) is 4.98 Å². The number of hydrogen-bond donors (Lipinski definition) is 1. The van der Waals surface area contributed by atoms with Crippen LogP contribution >= 0.6 is 11.3 Å². The normalized spacial score (nSPS) is 11.9. The number of aromatic nitrogens is 1. The average molecular weight is 310 g/mol. The maximum absolute atomic E-state index is 4.73. The molecule has 3 aromatic rings. The molecule has 22 heavy (non-hydrogen) atoms. The van der Waals surface area contributed by atoms with Crippen molar-refractivity contribution in [2.45, 2.75) is 40.0 Å². The van der Waals surface area contributed by atoms with Gasteiger partial charge in [0.05, 0.1) is 5.69 Å². The van der Waals surface area contributed by atoms with Crippen LogP contribution in [0, 0.1) is 13.8 Å². The van der Waals surface area contributed by atoms with Crippen LogP contribution in [0.1, 0.15) is 37.6 Å². The number of nitrogens with zero attached hydrogens (tertiary/aromatic N) is 1. The Morgan fingerprint density at radius 2 is 1.77 bits per heavy atom. The van der Waals surface area contributed by atoms with Crippen molar-refractivity contribution in [3.8, 4) is 0 Å². The Labute approximate surface area is 136 Å². The van der Waals surface area contributed by atoms with Gasteiger partial charge in [-0.15, -0.1) is 11.3 Å². The summed E-state index contributed by atoms with van der Waals surface area (Å²) in [4.78, 5) is 4.73. The third-order valence-electron chi connectivity index (χ3n) is 4.01. The second-order valence-corrected chi connectivity index (χ2v) is 7.73. The molecular formula is C19H22N2S. The van der Waals surface area contributed by atoms with Crippen molar-refractivity contribution in [3.05, 3.63) is 52.5 Å². The topological polar surface area (TPSA) is 24.9 Å². The lowest BCUT2D eigenvalue weighted by molar-refractivity contribution is 0.573. The summed E-state index contributed by atoms with van der Waals surface area (Å²) in [7, 11) is 0. The second kappa shape index (κ2) is 5.40. The van der Waals surface area contributed by atoms with Crippen LogP contribution in [0.3, 0.4) is 0 Å². The zero-order chi connectivity index (χ0) is 15.9. The molecule has 1 N–H and O–H groups in total. The van der Waals surface area contributed by atoms with Gasteiger partial charge in [0.15, 0.2) is 5.13 Å². The minimum Gasteiger partial charge on any atom is -0.331 e. The molecule has 0 saturated carbocycles. The highest BCUT2D eigenvalue weighted by molar-refractivity contribution is 7.13. The molecule has 3 rings (SSSR count). The summed E-state index contributed by atoms with van der Waals surface area (Å²) in [5, 5.41) is 9.10. The van der Waals surface area contributed by atoms with E-state index in [9.17, 15) is 0 Å². The number of rotatable bonds is 2. The van der Waals surface area contributed by atoms with Gasteiger partial charge in [0.2, 0.25) is 0 Å². The standard InChI is InChI=1S/C19H22N2S/c1-12-9-14-7-6-8-16(15(14)10-13(12)2)20-18-21-17(11-22-18)19(3,4)5/h6-11H,1-5H3,(H,20,21). The summed E-state index contributed by atoms with van der Waals surface area (Å²) in [5.74, 6) is 0. The van der Waals surface area contributed by atoms with E-state index in [1.54, 1.807) is 11.3 Å². The summed E-state index contributed by atoms with van der Waals surface area (Å²) in [6.45, 7) is 10.9. The van der Waals surface area contributed by atoms with E-state index < -0.39 is 0 Å². The van der Waals surface area contributed by atoms with E-state index in [2.05, 4.69) is 75.6 Å². The molecule has 1 heterocycles. The molecule has 0 atom stereocenters. The Morgan fingerprint density at radius 3 is 2.45 bits per heavy atom. The van der Waals surface area contributed by atoms with Gasteiger partial charge in [0.25, 0.3) is 0 Å². The maximum Gasteiger partial charge on any atom is 0.187 e. The number of aryl methyl sites for hydroxylation is 2. The van der Waals surface area contributed by atoms with Crippen LogP contribution in [0.15, 0.2) is 35.7 Å². The Hall–Kier alpha value is -1.87. The summed E-state index contributed by atoms with van der Waals surface area (Å²) in [6, 6.07) is 10.9. The van der Waals surface area contributed by atoms with Gasteiger partial charge < -0.3 is 5.32 Å². The van der Waals surface area contributed by atoms with E-state index in [0.29, 0.717) is 0 Å². The molecule has 0 unspecified atom stereocenters. The molecule has 2 aromatic carbocycles. The van der Waals surface area contributed by atoms with Crippen molar-refractivity contribution < 1.29 is 0 Å². The molecule has 1 aromatic heterocycles. The van der Waals surface area contributed by atoms with Crippen LogP contribution in [0.2, 0.25) is 0 Å². The first-order valence-electron chi connectivity index (χ1n) is 7.57. The molecule has 0 fully saturated rings. The van der Waals surface area contributed by atoms with Gasteiger partial charge in [0.1, 0.15) is 0 Å². The number of nitrogens with one attached hydrogen (secondary N) is 1. The van der Waals surface area contributed by atoms with Gasteiger partial charge in [-0.25, -0.2) is 4.98 Å². The second-order valence-electron chi connectivity index (χ2n) is 6.88. The van der Waals surface area contributed by atoms with Crippen LogP contribution in [0.5, 0.6) is 0 Å². The van der Waals surface area contributed by atoms with Crippen molar-refractivity contribution in [1.29, 1.82) is 0 Å². The Morgan fingerprint density at radius 1 is 1.05 bits per heavy atom. The molecule has 0 saturated heterocycles. The predicted octanol–water partition coefficient (Wildman–Crippen LogP) is 5.95. The van der Waals surface area contributed by atoms with E-state index in [1.165, 1.54) is 21.9 Å². The molecule has 0 amide bonds. The maximum atomic E-state index is 4.73. The fraction of sp³-hybridized carbons (Fsp3) is 0.316. The van der Waals surface area contributed by atoms with E-state index in [0.717, 1.165) is 16.5 Å². The SMILES string of the molecule is Cc1cc2cccc(Nc3nc(C(C)(C)C)cs3)c2cc1C.